The van der Waals surface area contributed by atoms with Gasteiger partial charge >= 0.3 is 71.4 Å². The van der Waals surface area contributed by atoms with Crippen molar-refractivity contribution in [3.8, 4) is 11.3 Å². The van der Waals surface area contributed by atoms with Crippen molar-refractivity contribution in [2.24, 2.45) is 68.3 Å². The number of ether oxygens (including phenoxy) is 5. The number of esters is 5. The van der Waals surface area contributed by atoms with Crippen LogP contribution in [0.15, 0.2) is 42.5 Å². The largest absolute Gasteiger partial charge is 1.00 e. The minimum atomic E-state index is -0.649. The number of hydrogen-bond donors (Lipinski definition) is 4. The van der Waals surface area contributed by atoms with Crippen LogP contribution in [0.2, 0.25) is 5.02 Å². The van der Waals surface area contributed by atoms with Crippen molar-refractivity contribution in [3.05, 3.63) is 64.6 Å². The summed E-state index contributed by atoms with van der Waals surface area (Å²) in [6.07, 6.45) is 12.6. The number of aliphatic carboxylic acids is 1. The second-order valence-corrected chi connectivity index (χ2v) is 29.2. The number of aliphatic hydroxyl groups excluding tert-OH is 1. The third kappa shape index (κ3) is 24.8. The second-order valence-electron chi connectivity index (χ2n) is 28.8. The Hall–Kier alpha value is -5.72. The Kier molecular flexibility index (Phi) is 37.7. The Morgan fingerprint density at radius 1 is 0.673 bits per heavy atom. The number of fused-ring (bicyclic) bond motifs is 1. The van der Waals surface area contributed by atoms with Crippen LogP contribution in [-0.2, 0) is 70.3 Å². The number of urea groups is 1. The quantitative estimate of drug-likeness (QED) is 0.0399. The van der Waals surface area contributed by atoms with Crippen LogP contribution in [0.4, 0.5) is 9.18 Å². The first-order chi connectivity index (χ1) is 43.9. The summed E-state index contributed by atoms with van der Waals surface area (Å²) in [5.41, 5.74) is 7.91. The van der Waals surface area contributed by atoms with Gasteiger partial charge in [-0.05, 0) is 208 Å². The van der Waals surface area contributed by atoms with Gasteiger partial charge in [-0.15, -0.1) is 0 Å². The van der Waals surface area contributed by atoms with E-state index in [1.165, 1.54) is 18.2 Å². The molecule has 22 nitrogen and oxygen atoms in total. The molecule has 0 radical (unpaired) electrons. The number of aldehydes is 1. The Labute approximate surface area is 609 Å². The summed E-state index contributed by atoms with van der Waals surface area (Å²) in [4.78, 5) is 103. The molecule has 25 heteroatoms. The molecule has 0 atom stereocenters. The fraction of sp³-hybridized carbons (Fsp3) is 0.699. The maximum Gasteiger partial charge on any atom is 1.00 e. The molecule has 1 aromatic carbocycles. The summed E-state index contributed by atoms with van der Waals surface area (Å²) in [6, 6.07) is 3.99. The number of aromatic nitrogens is 2. The first-order valence-corrected chi connectivity index (χ1v) is 33.6. The van der Waals surface area contributed by atoms with Crippen LogP contribution >= 0.6 is 11.6 Å². The standard InChI is InChI=1S/C20H23ClFN5O2.C9H16O3.C9H14O3.C9H16O2.C9H14O2.C8H12O2.C7H12O2.2CH4.Na.H2O/c1-11-8-20(2,9-11)24-19(29)26-5-6-27-15(10-26)16(18(23)28)17(25-27)12-3-4-14(22)13(21)7-12;2*1-3-12-8(11)9(2)4-7(5-9)6-10;2*1-4-11-8(10)9(3)5-7(2)6-9;1-3-10-8(9)7-4-6(2)5-7;1-5-3-7(2,4-5)6(8)9;;;;/h3-4,7,11H,5-6,8-10H2,1-2H3,(H2,23,28)(H,24,29);7,10H,3-6H2,1-2H3;6-7H,3-5H2,1-2H3;7H,4-6H2,1-3H3;2,4-6H2,1,3H3;7H,2-5H2,1H3;5H,3-4H2,1-2H3,(H,8,9);2*1H4;;1H2/q;;;;;;;;;+1;/p-1. The van der Waals surface area contributed by atoms with E-state index in [1.807, 2.05) is 69.2 Å². The zero-order valence-corrected chi connectivity index (χ0v) is 62.4. The van der Waals surface area contributed by atoms with Gasteiger partial charge in [0.25, 0.3) is 5.91 Å². The van der Waals surface area contributed by atoms with Crippen molar-refractivity contribution in [1.29, 1.82) is 0 Å². The number of halogens is 2. The molecule has 7 saturated carbocycles. The number of allylic oxidation sites excluding steroid dienone is 2. The molecule has 10 rings (SSSR count). The van der Waals surface area contributed by atoms with Crippen molar-refractivity contribution in [1.82, 2.24) is 20.0 Å². The number of carbonyl (C=O) groups is 9. The van der Waals surface area contributed by atoms with E-state index in [0.717, 1.165) is 94.5 Å². The monoisotopic (exact) mass is 1410 g/mol. The van der Waals surface area contributed by atoms with Gasteiger partial charge in [-0.3, -0.25) is 38.2 Å². The number of primary amides is 1. The first kappa shape index (κ1) is 92.3. The SMILES string of the molecule is C.C.C=C1CC(C(=O)OCC)C1.C=C1CC(C)(C(=O)OCC)C1.CC1CC(C)(C(=O)O)C1.CC1CC(C)(NC(=O)N2CCn3nc(-c4ccc(F)c(Cl)c4)c(C(N)=O)c3C2)C1.CCOC(=O)C1(C)CC(C)C1.CCOC(=O)C1(C)CC(C=O)C1.CCOC(=O)C1(C)CC(CO)C1.[Na+].[OH-]. The van der Waals surface area contributed by atoms with Gasteiger partial charge in [0, 0.05) is 30.2 Å². The van der Waals surface area contributed by atoms with Crippen LogP contribution in [-0.4, -0.2) is 136 Å². The number of carboxylic acids is 1. The van der Waals surface area contributed by atoms with Crippen molar-refractivity contribution >= 4 is 65.6 Å². The average molecular weight is 1410 g/mol. The number of carbonyl (C=O) groups excluding carboxylic acids is 8. The molecule has 1 aliphatic heterocycles. The summed E-state index contributed by atoms with van der Waals surface area (Å²) < 4.78 is 39.7. The van der Waals surface area contributed by atoms with Crippen LogP contribution < -0.4 is 40.6 Å². The number of nitrogens with zero attached hydrogens (tertiary/aromatic N) is 3. The molecule has 7 aliphatic carbocycles. The Bertz CT molecular complexity index is 3020. The molecular formula is C73H116ClFN5NaO17. The predicted octanol–water partition coefficient (Wildman–Crippen LogP) is 10.3. The molecule has 8 aliphatic rings. The van der Waals surface area contributed by atoms with Gasteiger partial charge in [-0.1, -0.05) is 71.5 Å². The van der Waals surface area contributed by atoms with E-state index < -0.39 is 17.7 Å². The van der Waals surface area contributed by atoms with Crippen molar-refractivity contribution < 1.29 is 116 Å². The number of hydrogen-bond acceptors (Lipinski definition) is 17. The number of amides is 3. The minimum Gasteiger partial charge on any atom is -0.870 e. The maximum atomic E-state index is 13.5. The summed E-state index contributed by atoms with van der Waals surface area (Å²) in [6.45, 7) is 38.2. The number of rotatable bonds is 16. The Morgan fingerprint density at radius 3 is 1.47 bits per heavy atom. The molecule has 0 spiro atoms. The number of aliphatic hydroxyl groups is 1. The number of nitrogens with two attached hydrogens (primary N) is 1. The van der Waals surface area contributed by atoms with Crippen LogP contribution in [0.3, 0.4) is 0 Å². The fourth-order valence-corrected chi connectivity index (χ4v) is 14.3. The summed E-state index contributed by atoms with van der Waals surface area (Å²) in [5, 5.41) is 24.9. The summed E-state index contributed by atoms with van der Waals surface area (Å²) in [5.74, 6) is 0.139. The molecule has 2 heterocycles. The Balaban J connectivity index is 0.00000117. The zero-order valence-electron chi connectivity index (χ0n) is 59.7. The van der Waals surface area contributed by atoms with Crippen LogP contribution in [0.5, 0.6) is 0 Å². The van der Waals surface area contributed by atoms with E-state index in [1.54, 1.807) is 16.5 Å². The fourth-order valence-electron chi connectivity index (χ4n) is 14.2. The van der Waals surface area contributed by atoms with E-state index in [2.05, 4.69) is 44.3 Å². The van der Waals surface area contributed by atoms with Gasteiger partial charge in [-0.2, -0.15) is 5.10 Å². The van der Waals surface area contributed by atoms with Gasteiger partial charge in [0.15, 0.2) is 0 Å². The third-order valence-electron chi connectivity index (χ3n) is 18.8. The van der Waals surface area contributed by atoms with Gasteiger partial charge in [-0.25, -0.2) is 9.18 Å². The normalized spacial score (nSPS) is 27.3. The molecule has 3 amide bonds. The van der Waals surface area contributed by atoms with Gasteiger partial charge in [0.1, 0.15) is 17.8 Å². The van der Waals surface area contributed by atoms with Crippen molar-refractivity contribution in [2.45, 2.75) is 220 Å². The summed E-state index contributed by atoms with van der Waals surface area (Å²) in [7, 11) is 0. The molecule has 7 fully saturated rings. The van der Waals surface area contributed by atoms with E-state index in [-0.39, 0.29) is 154 Å². The Morgan fingerprint density at radius 2 is 1.10 bits per heavy atom. The molecule has 0 bridgehead atoms. The molecular weight excluding hydrogens is 1300 g/mol. The van der Waals surface area contributed by atoms with Crippen LogP contribution in [0, 0.1) is 68.4 Å². The molecule has 0 saturated heterocycles. The van der Waals surface area contributed by atoms with E-state index in [9.17, 15) is 47.5 Å². The first-order valence-electron chi connectivity index (χ1n) is 33.3. The number of carboxylic acid groups (broad SMARTS) is 1. The molecule has 6 N–H and O–H groups in total. The number of benzene rings is 1. The maximum absolute atomic E-state index is 13.5. The minimum absolute atomic E-state index is 0. The predicted molar refractivity (Wildman–Crippen MR) is 369 cm³/mol. The smallest absolute Gasteiger partial charge is 0.870 e. The number of nitrogens with one attached hydrogen (secondary N) is 1. The van der Waals surface area contributed by atoms with E-state index in [0.29, 0.717) is 99.6 Å². The van der Waals surface area contributed by atoms with Crippen LogP contribution in [0.25, 0.3) is 11.3 Å². The van der Waals surface area contributed by atoms with Crippen LogP contribution in [0.1, 0.15) is 218 Å². The average Bonchev–Trinajstić information content (AvgIpc) is 1.60. The van der Waals surface area contributed by atoms with E-state index in [4.69, 9.17) is 51.2 Å². The van der Waals surface area contributed by atoms with Gasteiger partial charge in [0.2, 0.25) is 0 Å². The molecule has 98 heavy (non-hydrogen) atoms. The third-order valence-corrected chi connectivity index (χ3v) is 19.1. The zero-order chi connectivity index (χ0) is 70.9. The summed E-state index contributed by atoms with van der Waals surface area (Å²) >= 11 is 5.89. The van der Waals surface area contributed by atoms with E-state index >= 15 is 0 Å². The van der Waals surface area contributed by atoms with Crippen molar-refractivity contribution in [3.63, 3.8) is 0 Å². The van der Waals surface area contributed by atoms with Gasteiger partial charge < -0.3 is 60.1 Å². The van der Waals surface area contributed by atoms with Gasteiger partial charge in [0.05, 0.1) is 95.4 Å². The molecule has 1 aromatic heterocycles. The van der Waals surface area contributed by atoms with Crippen molar-refractivity contribution in [2.75, 3.05) is 46.2 Å². The molecule has 0 unspecified atom stereocenters. The molecule has 550 valence electrons. The topological polar surface area (TPSA) is 329 Å². The molecule has 2 aromatic rings. The second kappa shape index (κ2) is 40.1.